The van der Waals surface area contributed by atoms with Crippen LogP contribution in [0.2, 0.25) is 0 Å². The van der Waals surface area contributed by atoms with Gasteiger partial charge in [0.15, 0.2) is 0 Å². The molecule has 8 heteroatoms. The van der Waals surface area contributed by atoms with Crippen molar-refractivity contribution >= 4 is 31.5 Å². The molecule has 0 fully saturated rings. The third-order valence-corrected chi connectivity index (χ3v) is 5.08. The standard InChI is InChI=1S/C13H17BrF3NO2S/c1-18(10-4-2-3-9-14)11-5-7-12(8-6-11)21(19,20)13(15,16)17/h5-8H,2-4,9-10H2,1H3. The molecule has 1 aromatic carbocycles. The number of alkyl halides is 4. The maximum atomic E-state index is 12.4. The summed E-state index contributed by atoms with van der Waals surface area (Å²) >= 11 is 3.34. The second kappa shape index (κ2) is 7.49. The van der Waals surface area contributed by atoms with Crippen LogP contribution < -0.4 is 4.90 Å². The van der Waals surface area contributed by atoms with Crippen molar-refractivity contribution in [1.82, 2.24) is 0 Å². The fraction of sp³-hybridized carbons (Fsp3) is 0.538. The van der Waals surface area contributed by atoms with Gasteiger partial charge in [0.2, 0.25) is 0 Å². The summed E-state index contributed by atoms with van der Waals surface area (Å²) in [7, 11) is -3.45. The molecule has 3 nitrogen and oxygen atoms in total. The lowest BCUT2D eigenvalue weighted by Crippen LogP contribution is -2.23. The van der Waals surface area contributed by atoms with Gasteiger partial charge in [-0.3, -0.25) is 0 Å². The molecule has 0 spiro atoms. The minimum Gasteiger partial charge on any atom is -0.375 e. The van der Waals surface area contributed by atoms with Gasteiger partial charge in [-0.25, -0.2) is 8.42 Å². The summed E-state index contributed by atoms with van der Waals surface area (Å²) in [6, 6.07) is 4.77. The molecule has 0 radical (unpaired) electrons. The number of sulfone groups is 1. The Kier molecular flexibility index (Phi) is 6.52. The van der Waals surface area contributed by atoms with Gasteiger partial charge in [-0.15, -0.1) is 0 Å². The second-order valence-corrected chi connectivity index (χ2v) is 7.35. The first kappa shape index (κ1) is 18.3. The largest absolute Gasteiger partial charge is 0.501 e. The number of nitrogens with zero attached hydrogens (tertiary/aromatic N) is 1. The third-order valence-electron chi connectivity index (χ3n) is 3.02. The molecule has 0 bridgehead atoms. The number of anilines is 1. The van der Waals surface area contributed by atoms with Crippen LogP contribution >= 0.6 is 15.9 Å². The average molecular weight is 388 g/mol. The lowest BCUT2D eigenvalue weighted by molar-refractivity contribution is -0.0436. The lowest BCUT2D eigenvalue weighted by Gasteiger charge is -2.19. The van der Waals surface area contributed by atoms with Gasteiger partial charge in [0.25, 0.3) is 9.84 Å². The molecule has 0 amide bonds. The number of rotatable bonds is 7. The summed E-state index contributed by atoms with van der Waals surface area (Å²) in [6.07, 6.45) is 3.08. The first-order valence-electron chi connectivity index (χ1n) is 6.38. The second-order valence-electron chi connectivity index (χ2n) is 4.61. The van der Waals surface area contributed by atoms with Crippen LogP contribution in [0, 0.1) is 0 Å². The molecule has 1 aromatic rings. The van der Waals surface area contributed by atoms with E-state index in [4.69, 9.17) is 0 Å². The molecule has 0 heterocycles. The summed E-state index contributed by atoms with van der Waals surface area (Å²) in [6.45, 7) is 0.762. The van der Waals surface area contributed by atoms with E-state index < -0.39 is 20.2 Å². The number of halogens is 4. The summed E-state index contributed by atoms with van der Waals surface area (Å²) < 4.78 is 59.7. The topological polar surface area (TPSA) is 37.4 Å². The maximum Gasteiger partial charge on any atom is 0.501 e. The number of hydrogen-bond acceptors (Lipinski definition) is 3. The Morgan fingerprint density at radius 1 is 1.10 bits per heavy atom. The summed E-state index contributed by atoms with van der Waals surface area (Å²) in [5.74, 6) is 0. The number of unbranched alkanes of at least 4 members (excludes halogenated alkanes) is 2. The fourth-order valence-electron chi connectivity index (χ4n) is 1.76. The van der Waals surface area contributed by atoms with Crippen LogP contribution in [0.5, 0.6) is 0 Å². The predicted molar refractivity (Wildman–Crippen MR) is 80.6 cm³/mol. The first-order valence-corrected chi connectivity index (χ1v) is 8.99. The van der Waals surface area contributed by atoms with Crippen molar-refractivity contribution in [3.8, 4) is 0 Å². The van der Waals surface area contributed by atoms with E-state index in [-0.39, 0.29) is 0 Å². The molecule has 0 atom stereocenters. The Morgan fingerprint density at radius 2 is 1.67 bits per heavy atom. The third kappa shape index (κ3) is 4.88. The minimum atomic E-state index is -5.27. The molecule has 0 aliphatic rings. The van der Waals surface area contributed by atoms with E-state index >= 15 is 0 Å². The van der Waals surface area contributed by atoms with Crippen LogP contribution in [0.15, 0.2) is 29.2 Å². The van der Waals surface area contributed by atoms with Crippen molar-refractivity contribution in [3.05, 3.63) is 24.3 Å². The zero-order valence-corrected chi connectivity index (χ0v) is 13.9. The molecule has 21 heavy (non-hydrogen) atoms. The van der Waals surface area contributed by atoms with Gasteiger partial charge in [0, 0.05) is 24.6 Å². The monoisotopic (exact) mass is 387 g/mol. The van der Waals surface area contributed by atoms with Crippen LogP contribution in [0.3, 0.4) is 0 Å². The zero-order chi connectivity index (χ0) is 16.1. The van der Waals surface area contributed by atoms with Crippen LogP contribution in [0.25, 0.3) is 0 Å². The molecule has 0 aromatic heterocycles. The van der Waals surface area contributed by atoms with Crippen molar-refractivity contribution < 1.29 is 21.6 Å². The smallest absolute Gasteiger partial charge is 0.375 e. The predicted octanol–water partition coefficient (Wildman–Crippen LogP) is 3.98. The van der Waals surface area contributed by atoms with Crippen LogP contribution in [-0.2, 0) is 9.84 Å². The quantitative estimate of drug-likeness (QED) is 0.524. The van der Waals surface area contributed by atoms with E-state index in [1.54, 1.807) is 0 Å². The average Bonchev–Trinajstić information content (AvgIpc) is 2.42. The van der Waals surface area contributed by atoms with Gasteiger partial charge < -0.3 is 4.90 Å². The van der Waals surface area contributed by atoms with E-state index in [9.17, 15) is 21.6 Å². The van der Waals surface area contributed by atoms with Crippen molar-refractivity contribution in [2.45, 2.75) is 29.7 Å². The molecule has 1 rings (SSSR count). The Hall–Kier alpha value is -0.760. The highest BCUT2D eigenvalue weighted by Gasteiger charge is 2.46. The van der Waals surface area contributed by atoms with Gasteiger partial charge in [-0.2, -0.15) is 13.2 Å². The minimum absolute atomic E-state index is 0.690. The Bertz CT molecular complexity index is 544. The molecule has 0 aliphatic heterocycles. The van der Waals surface area contributed by atoms with Gasteiger partial charge in [-0.05, 0) is 37.1 Å². The van der Waals surface area contributed by atoms with Crippen molar-refractivity contribution in [2.24, 2.45) is 0 Å². The van der Waals surface area contributed by atoms with E-state index in [0.717, 1.165) is 43.3 Å². The van der Waals surface area contributed by atoms with Crippen LogP contribution in [0.4, 0.5) is 18.9 Å². The van der Waals surface area contributed by atoms with E-state index in [1.165, 1.54) is 12.1 Å². The van der Waals surface area contributed by atoms with Gasteiger partial charge in [0.05, 0.1) is 4.90 Å². The Labute approximate surface area is 131 Å². The molecular weight excluding hydrogens is 371 g/mol. The maximum absolute atomic E-state index is 12.4. The zero-order valence-electron chi connectivity index (χ0n) is 11.5. The van der Waals surface area contributed by atoms with E-state index in [1.807, 2.05) is 11.9 Å². The molecule has 0 N–H and O–H groups in total. The number of benzene rings is 1. The Morgan fingerprint density at radius 3 is 2.14 bits per heavy atom. The normalized spacial score (nSPS) is 12.4. The van der Waals surface area contributed by atoms with Crippen molar-refractivity contribution in [2.75, 3.05) is 23.8 Å². The Balaban J connectivity index is 2.74. The summed E-state index contributed by atoms with van der Waals surface area (Å²) in [5, 5.41) is 0.945. The summed E-state index contributed by atoms with van der Waals surface area (Å²) in [4.78, 5) is 1.16. The van der Waals surface area contributed by atoms with Gasteiger partial charge in [0.1, 0.15) is 0 Å². The van der Waals surface area contributed by atoms with Gasteiger partial charge >= 0.3 is 5.51 Å². The highest BCUT2D eigenvalue weighted by molar-refractivity contribution is 9.09. The molecule has 0 aliphatic carbocycles. The fourth-order valence-corrected chi connectivity index (χ4v) is 2.92. The highest BCUT2D eigenvalue weighted by Crippen LogP contribution is 2.31. The van der Waals surface area contributed by atoms with E-state index in [0.29, 0.717) is 5.69 Å². The van der Waals surface area contributed by atoms with Crippen LogP contribution in [-0.4, -0.2) is 32.8 Å². The molecule has 120 valence electrons. The van der Waals surface area contributed by atoms with Crippen molar-refractivity contribution in [1.29, 1.82) is 0 Å². The molecule has 0 saturated carbocycles. The molecule has 0 unspecified atom stereocenters. The SMILES string of the molecule is CN(CCCCCBr)c1ccc(S(=O)(=O)C(F)(F)F)cc1. The number of hydrogen-bond donors (Lipinski definition) is 0. The highest BCUT2D eigenvalue weighted by atomic mass is 79.9. The van der Waals surface area contributed by atoms with Crippen LogP contribution in [0.1, 0.15) is 19.3 Å². The van der Waals surface area contributed by atoms with Crippen molar-refractivity contribution in [3.63, 3.8) is 0 Å². The first-order chi connectivity index (χ1) is 9.70. The summed E-state index contributed by atoms with van der Waals surface area (Å²) in [5.41, 5.74) is -4.58. The van der Waals surface area contributed by atoms with E-state index in [2.05, 4.69) is 15.9 Å². The lowest BCUT2D eigenvalue weighted by atomic mass is 10.2. The van der Waals surface area contributed by atoms with Gasteiger partial charge in [-0.1, -0.05) is 22.4 Å². The molecule has 0 saturated heterocycles. The molecular formula is C13H17BrF3NO2S.